The topological polar surface area (TPSA) is 125 Å². The quantitative estimate of drug-likeness (QED) is 0.503. The number of carbonyl (C=O) groups is 4. The van der Waals surface area contributed by atoms with Crippen LogP contribution in [0.1, 0.15) is 9.67 Å². The molecule has 1 aromatic rings. The first-order valence-corrected chi connectivity index (χ1v) is 6.44. The summed E-state index contributed by atoms with van der Waals surface area (Å²) in [5.41, 5.74) is 0. The van der Waals surface area contributed by atoms with Gasteiger partial charge in [-0.05, 0) is 11.4 Å². The molecule has 0 aliphatic carbocycles. The third kappa shape index (κ3) is 5.96. The van der Waals surface area contributed by atoms with Crippen molar-refractivity contribution >= 4 is 35.0 Å². The molecule has 0 aliphatic heterocycles. The van der Waals surface area contributed by atoms with E-state index in [-0.39, 0.29) is 19.0 Å². The summed E-state index contributed by atoms with van der Waals surface area (Å²) in [6, 6.07) is 3.34. The zero-order chi connectivity index (χ0) is 15.0. The van der Waals surface area contributed by atoms with Crippen LogP contribution in [-0.4, -0.2) is 48.4 Å². The Morgan fingerprint density at radius 2 is 1.60 bits per heavy atom. The van der Waals surface area contributed by atoms with Gasteiger partial charge in [0.15, 0.2) is 0 Å². The van der Waals surface area contributed by atoms with Gasteiger partial charge in [-0.1, -0.05) is 6.07 Å². The second kappa shape index (κ2) is 7.89. The number of carbonyl (C=O) groups excluding carboxylic acids is 3. The molecule has 108 valence electrons. The first-order valence-electron chi connectivity index (χ1n) is 5.56. The summed E-state index contributed by atoms with van der Waals surface area (Å²) in [6.45, 7) is -1.12. The zero-order valence-electron chi connectivity index (χ0n) is 10.3. The van der Waals surface area contributed by atoms with Crippen molar-refractivity contribution in [3.8, 4) is 0 Å². The lowest BCUT2D eigenvalue weighted by Crippen LogP contribution is -2.42. The van der Waals surface area contributed by atoms with Crippen LogP contribution in [-0.2, 0) is 14.4 Å². The summed E-state index contributed by atoms with van der Waals surface area (Å²) in [6.07, 6.45) is 0. The minimum Gasteiger partial charge on any atom is -0.480 e. The van der Waals surface area contributed by atoms with Crippen LogP contribution >= 0.6 is 11.3 Å². The average molecular weight is 299 g/mol. The highest BCUT2D eigenvalue weighted by atomic mass is 32.1. The van der Waals surface area contributed by atoms with Crippen molar-refractivity contribution in [1.29, 1.82) is 0 Å². The molecule has 9 heteroatoms. The summed E-state index contributed by atoms with van der Waals surface area (Å²) in [5.74, 6) is -2.70. The maximum Gasteiger partial charge on any atom is 0.322 e. The summed E-state index contributed by atoms with van der Waals surface area (Å²) >= 11 is 1.25. The fraction of sp³-hybridized carbons (Fsp3) is 0.273. The van der Waals surface area contributed by atoms with E-state index in [9.17, 15) is 19.2 Å². The highest BCUT2D eigenvalue weighted by Gasteiger charge is 2.10. The fourth-order valence-corrected chi connectivity index (χ4v) is 1.77. The van der Waals surface area contributed by atoms with E-state index in [2.05, 4.69) is 16.0 Å². The predicted octanol–water partition coefficient (Wildman–Crippen LogP) is -1.21. The van der Waals surface area contributed by atoms with E-state index in [0.29, 0.717) is 4.88 Å². The molecule has 0 spiro atoms. The number of thiophene rings is 1. The van der Waals surface area contributed by atoms with Crippen LogP contribution in [0.3, 0.4) is 0 Å². The Kier molecular flexibility index (Phi) is 6.17. The number of amides is 3. The van der Waals surface area contributed by atoms with E-state index in [0.717, 1.165) is 0 Å². The van der Waals surface area contributed by atoms with Gasteiger partial charge in [-0.2, -0.15) is 0 Å². The molecule has 4 N–H and O–H groups in total. The largest absolute Gasteiger partial charge is 0.480 e. The van der Waals surface area contributed by atoms with Crippen molar-refractivity contribution in [1.82, 2.24) is 16.0 Å². The maximum atomic E-state index is 11.5. The number of nitrogens with one attached hydrogen (secondary N) is 3. The van der Waals surface area contributed by atoms with Crippen LogP contribution in [0, 0.1) is 0 Å². The minimum atomic E-state index is -1.17. The lowest BCUT2D eigenvalue weighted by Gasteiger charge is -2.06. The molecule has 3 amide bonds. The Morgan fingerprint density at radius 1 is 1.00 bits per heavy atom. The number of hydrogen-bond acceptors (Lipinski definition) is 5. The number of hydrogen-bond donors (Lipinski definition) is 4. The molecule has 0 aromatic carbocycles. The maximum absolute atomic E-state index is 11.5. The Labute approximate surface area is 118 Å². The molecular weight excluding hydrogens is 286 g/mol. The molecule has 20 heavy (non-hydrogen) atoms. The van der Waals surface area contributed by atoms with Crippen molar-refractivity contribution in [3.05, 3.63) is 22.4 Å². The molecule has 0 saturated heterocycles. The Hall–Kier alpha value is -2.42. The van der Waals surface area contributed by atoms with Crippen LogP contribution in [0.15, 0.2) is 17.5 Å². The Balaban J connectivity index is 2.19. The molecule has 0 unspecified atom stereocenters. The van der Waals surface area contributed by atoms with Gasteiger partial charge < -0.3 is 21.1 Å². The van der Waals surface area contributed by atoms with Crippen LogP contribution in [0.4, 0.5) is 0 Å². The lowest BCUT2D eigenvalue weighted by molar-refractivity contribution is -0.137. The molecule has 0 radical (unpaired) electrons. The van der Waals surface area contributed by atoms with Gasteiger partial charge in [0.1, 0.15) is 6.54 Å². The summed E-state index contributed by atoms with van der Waals surface area (Å²) in [7, 11) is 0. The van der Waals surface area contributed by atoms with Crippen LogP contribution in [0.25, 0.3) is 0 Å². The third-order valence-electron chi connectivity index (χ3n) is 2.04. The number of carboxylic acid groups (broad SMARTS) is 1. The monoisotopic (exact) mass is 299 g/mol. The molecule has 0 saturated carbocycles. The van der Waals surface area contributed by atoms with Crippen LogP contribution < -0.4 is 16.0 Å². The highest BCUT2D eigenvalue weighted by molar-refractivity contribution is 7.12. The predicted molar refractivity (Wildman–Crippen MR) is 70.3 cm³/mol. The molecule has 0 aliphatic rings. The highest BCUT2D eigenvalue weighted by Crippen LogP contribution is 2.07. The molecular formula is C11H13N3O5S. The molecule has 0 bridgehead atoms. The van der Waals surface area contributed by atoms with E-state index in [1.165, 1.54) is 11.3 Å². The molecule has 1 heterocycles. The number of carboxylic acids is 1. The zero-order valence-corrected chi connectivity index (χ0v) is 11.2. The van der Waals surface area contributed by atoms with Crippen molar-refractivity contribution in [3.63, 3.8) is 0 Å². The fourth-order valence-electron chi connectivity index (χ4n) is 1.13. The second-order valence-corrected chi connectivity index (χ2v) is 4.55. The molecule has 0 atom stereocenters. The number of rotatable bonds is 7. The Bertz CT molecular complexity index is 500. The lowest BCUT2D eigenvalue weighted by atomic mass is 10.4. The SMILES string of the molecule is O=C(O)CNC(=O)CNC(=O)CNC(=O)c1cccs1. The normalized spacial score (nSPS) is 9.60. The molecule has 1 rings (SSSR count). The van der Waals surface area contributed by atoms with E-state index in [1.54, 1.807) is 17.5 Å². The Morgan fingerprint density at radius 3 is 2.15 bits per heavy atom. The van der Waals surface area contributed by atoms with Gasteiger partial charge in [-0.15, -0.1) is 11.3 Å². The second-order valence-electron chi connectivity index (χ2n) is 3.61. The van der Waals surface area contributed by atoms with Gasteiger partial charge in [0.25, 0.3) is 5.91 Å². The molecule has 1 aromatic heterocycles. The summed E-state index contributed by atoms with van der Waals surface area (Å²) < 4.78 is 0. The van der Waals surface area contributed by atoms with Crippen molar-refractivity contribution in [2.75, 3.05) is 19.6 Å². The smallest absolute Gasteiger partial charge is 0.322 e. The van der Waals surface area contributed by atoms with Gasteiger partial charge in [-0.25, -0.2) is 0 Å². The minimum absolute atomic E-state index is 0.261. The summed E-state index contributed by atoms with van der Waals surface area (Å²) in [5, 5.41) is 16.8. The third-order valence-corrected chi connectivity index (χ3v) is 2.91. The molecule has 8 nitrogen and oxygen atoms in total. The van der Waals surface area contributed by atoms with Crippen molar-refractivity contribution in [2.45, 2.75) is 0 Å². The van der Waals surface area contributed by atoms with E-state index < -0.39 is 24.3 Å². The van der Waals surface area contributed by atoms with Gasteiger partial charge in [-0.3, -0.25) is 19.2 Å². The van der Waals surface area contributed by atoms with E-state index in [1.807, 2.05) is 0 Å². The average Bonchev–Trinajstić information content (AvgIpc) is 2.94. The van der Waals surface area contributed by atoms with Crippen molar-refractivity contribution < 1.29 is 24.3 Å². The first-order chi connectivity index (χ1) is 9.49. The van der Waals surface area contributed by atoms with Crippen LogP contribution in [0.2, 0.25) is 0 Å². The number of aliphatic carboxylic acids is 1. The summed E-state index contributed by atoms with van der Waals surface area (Å²) in [4.78, 5) is 44.6. The van der Waals surface area contributed by atoms with Gasteiger partial charge in [0, 0.05) is 0 Å². The van der Waals surface area contributed by atoms with Crippen molar-refractivity contribution in [2.24, 2.45) is 0 Å². The van der Waals surface area contributed by atoms with Gasteiger partial charge >= 0.3 is 5.97 Å². The first kappa shape index (κ1) is 15.6. The standard InChI is InChI=1S/C11H13N3O5S/c15-8(13-6-10(17)18)4-12-9(16)5-14-11(19)7-2-1-3-20-7/h1-3H,4-6H2,(H,12,16)(H,13,15)(H,14,19)(H,17,18). The van der Waals surface area contributed by atoms with E-state index >= 15 is 0 Å². The van der Waals surface area contributed by atoms with Gasteiger partial charge in [0.2, 0.25) is 11.8 Å². The van der Waals surface area contributed by atoms with Crippen LogP contribution in [0.5, 0.6) is 0 Å². The molecule has 0 fully saturated rings. The van der Waals surface area contributed by atoms with E-state index in [4.69, 9.17) is 5.11 Å². The van der Waals surface area contributed by atoms with Gasteiger partial charge in [0.05, 0.1) is 18.0 Å².